The fourth-order valence-electron chi connectivity index (χ4n) is 12.1. The van der Waals surface area contributed by atoms with Gasteiger partial charge < -0.3 is 15.5 Å². The van der Waals surface area contributed by atoms with E-state index in [1.807, 2.05) is 6.08 Å². The van der Waals surface area contributed by atoms with Crippen LogP contribution in [0, 0.1) is 0 Å². The van der Waals surface area contributed by atoms with Gasteiger partial charge in [-0.3, -0.25) is 4.79 Å². The molecular formula is C79H149NO3. The maximum absolute atomic E-state index is 12.6. The summed E-state index contributed by atoms with van der Waals surface area (Å²) in [5.74, 6) is -0.0551. The molecule has 0 bridgehead atoms. The molecule has 0 aromatic heterocycles. The second-order valence-electron chi connectivity index (χ2n) is 26.0. The van der Waals surface area contributed by atoms with Crippen LogP contribution in [0.3, 0.4) is 0 Å². The highest BCUT2D eigenvalue weighted by Gasteiger charge is 2.18. The van der Waals surface area contributed by atoms with Gasteiger partial charge in [0.2, 0.25) is 5.91 Å². The highest BCUT2D eigenvalue weighted by Crippen LogP contribution is 2.20. The van der Waals surface area contributed by atoms with Crippen molar-refractivity contribution in [3.05, 3.63) is 60.8 Å². The number of unbranched alkanes of at least 4 members (excludes halogenated alkanes) is 56. The predicted molar refractivity (Wildman–Crippen MR) is 373 cm³/mol. The minimum atomic E-state index is -0.841. The summed E-state index contributed by atoms with van der Waals surface area (Å²) >= 11 is 0. The number of hydrogen-bond donors (Lipinski definition) is 3. The summed E-state index contributed by atoms with van der Waals surface area (Å²) in [6.07, 6.45) is 106. The Labute approximate surface area is 521 Å². The van der Waals surface area contributed by atoms with Gasteiger partial charge in [-0.15, -0.1) is 0 Å². The lowest BCUT2D eigenvalue weighted by atomic mass is 10.0. The summed E-state index contributed by atoms with van der Waals surface area (Å²) in [5.41, 5.74) is 0. The number of aliphatic hydroxyl groups excluding tert-OH is 2. The molecule has 83 heavy (non-hydrogen) atoms. The molecule has 0 rings (SSSR count). The fourth-order valence-corrected chi connectivity index (χ4v) is 12.1. The highest BCUT2D eigenvalue weighted by atomic mass is 16.3. The van der Waals surface area contributed by atoms with Crippen molar-refractivity contribution in [1.29, 1.82) is 0 Å². The van der Waals surface area contributed by atoms with Crippen molar-refractivity contribution >= 4 is 5.91 Å². The maximum Gasteiger partial charge on any atom is 0.220 e. The molecule has 3 N–H and O–H groups in total. The molecule has 0 saturated carbocycles. The van der Waals surface area contributed by atoms with Crippen LogP contribution in [-0.4, -0.2) is 34.9 Å². The number of aliphatic hydroxyl groups is 2. The fraction of sp³-hybridized carbons (Fsp3) is 0.861. The average Bonchev–Trinajstić information content (AvgIpc) is 3.51. The van der Waals surface area contributed by atoms with E-state index in [1.54, 1.807) is 6.08 Å². The molecule has 0 aliphatic carbocycles. The Hall–Kier alpha value is -1.91. The quantitative estimate of drug-likeness (QED) is 0.0420. The lowest BCUT2D eigenvalue weighted by Gasteiger charge is -2.20. The Bertz CT molecular complexity index is 1360. The van der Waals surface area contributed by atoms with Gasteiger partial charge in [-0.05, 0) is 57.8 Å². The first kappa shape index (κ1) is 81.1. The van der Waals surface area contributed by atoms with Crippen LogP contribution in [-0.2, 0) is 4.79 Å². The van der Waals surface area contributed by atoms with Crippen LogP contribution >= 0.6 is 0 Å². The topological polar surface area (TPSA) is 69.6 Å². The average molecular weight is 1160 g/mol. The van der Waals surface area contributed by atoms with Crippen LogP contribution in [0.5, 0.6) is 0 Å². The van der Waals surface area contributed by atoms with Crippen molar-refractivity contribution < 1.29 is 15.0 Å². The second kappa shape index (κ2) is 74.3. The molecule has 0 saturated heterocycles. The van der Waals surface area contributed by atoms with E-state index in [4.69, 9.17) is 0 Å². The molecule has 2 atom stereocenters. The van der Waals surface area contributed by atoms with Gasteiger partial charge in [-0.2, -0.15) is 0 Å². The Morgan fingerprint density at radius 2 is 0.530 bits per heavy atom. The van der Waals surface area contributed by atoms with Gasteiger partial charge in [0.25, 0.3) is 0 Å². The van der Waals surface area contributed by atoms with Crippen molar-refractivity contribution in [2.75, 3.05) is 6.61 Å². The number of carbonyl (C=O) groups is 1. The van der Waals surface area contributed by atoms with Gasteiger partial charge in [0.05, 0.1) is 18.8 Å². The van der Waals surface area contributed by atoms with Gasteiger partial charge in [0.15, 0.2) is 0 Å². The minimum Gasteiger partial charge on any atom is -0.394 e. The summed E-state index contributed by atoms with van der Waals surface area (Å²) < 4.78 is 0. The van der Waals surface area contributed by atoms with Crippen molar-refractivity contribution in [1.82, 2.24) is 5.32 Å². The Balaban J connectivity index is 3.40. The van der Waals surface area contributed by atoms with Crippen molar-refractivity contribution in [2.24, 2.45) is 0 Å². The highest BCUT2D eigenvalue weighted by molar-refractivity contribution is 5.76. The molecule has 4 nitrogen and oxygen atoms in total. The van der Waals surface area contributed by atoms with E-state index >= 15 is 0 Å². The Morgan fingerprint density at radius 1 is 0.301 bits per heavy atom. The first-order valence-corrected chi connectivity index (χ1v) is 38.0. The standard InChI is InChI=1S/C79H149NO3/c1-3-5-7-9-11-13-15-17-19-21-23-25-27-29-31-33-35-37-38-39-40-41-42-43-45-47-49-51-53-55-57-59-61-63-65-67-69-71-73-75-79(83)80-77(76-81)78(82)74-72-70-68-66-64-62-60-58-56-54-52-50-48-46-44-36-34-32-30-28-26-24-22-20-18-16-14-12-10-8-6-4-2/h5,7,11,13,17,19,23,25,72,74,77-78,81-82H,3-4,6,8-10,12,14-16,18,20-22,24,26-71,73,75-76H2,1-2H3,(H,80,83)/b7-5-,13-11-,19-17-,25-23-,74-72+. The third kappa shape index (κ3) is 70.7. The van der Waals surface area contributed by atoms with E-state index < -0.39 is 12.1 Å². The van der Waals surface area contributed by atoms with Crippen molar-refractivity contribution in [3.63, 3.8) is 0 Å². The number of carbonyl (C=O) groups excluding carboxylic acids is 1. The molecule has 488 valence electrons. The van der Waals surface area contributed by atoms with Crippen LogP contribution in [0.4, 0.5) is 0 Å². The van der Waals surface area contributed by atoms with Crippen LogP contribution < -0.4 is 5.32 Å². The van der Waals surface area contributed by atoms with E-state index in [0.29, 0.717) is 6.42 Å². The Kier molecular flexibility index (Phi) is 72.6. The molecule has 2 unspecified atom stereocenters. The summed E-state index contributed by atoms with van der Waals surface area (Å²) in [7, 11) is 0. The second-order valence-corrected chi connectivity index (χ2v) is 26.0. The zero-order chi connectivity index (χ0) is 59.8. The van der Waals surface area contributed by atoms with Crippen LogP contribution in [0.1, 0.15) is 418 Å². The molecule has 0 aromatic rings. The maximum atomic E-state index is 12.6. The van der Waals surface area contributed by atoms with Gasteiger partial charge in [-0.1, -0.05) is 415 Å². The summed E-state index contributed by atoms with van der Waals surface area (Å²) in [6.45, 7) is 4.24. The number of allylic oxidation sites excluding steroid dienone is 9. The summed E-state index contributed by atoms with van der Waals surface area (Å²) in [6, 6.07) is -0.624. The number of hydrogen-bond acceptors (Lipinski definition) is 3. The predicted octanol–water partition coefficient (Wildman–Crippen LogP) is 26.2. The molecule has 0 aliphatic heterocycles. The molecule has 0 spiro atoms. The number of amides is 1. The number of rotatable bonds is 71. The first-order valence-electron chi connectivity index (χ1n) is 38.0. The monoisotopic (exact) mass is 1160 g/mol. The molecule has 0 heterocycles. The van der Waals surface area contributed by atoms with E-state index in [9.17, 15) is 15.0 Å². The van der Waals surface area contributed by atoms with Crippen LogP contribution in [0.25, 0.3) is 0 Å². The third-order valence-corrected chi connectivity index (χ3v) is 17.8. The van der Waals surface area contributed by atoms with E-state index in [-0.39, 0.29) is 12.5 Å². The molecule has 0 aromatic carbocycles. The normalized spacial score (nSPS) is 13.0. The van der Waals surface area contributed by atoms with Gasteiger partial charge in [-0.25, -0.2) is 0 Å². The summed E-state index contributed by atoms with van der Waals surface area (Å²) in [5, 5.41) is 23.4. The SMILES string of the molecule is CC/C=C\C/C=C\C/C=C\C/C=C\CCCCCCCCCCCCCCCCCCCCCCCCCCCCC(=O)NC(CO)C(O)/C=C/CCCCCCCCCCCCCCCCCCCCCCCCCCCCCCCC. The van der Waals surface area contributed by atoms with Gasteiger partial charge in [0.1, 0.15) is 0 Å². The van der Waals surface area contributed by atoms with Crippen molar-refractivity contribution in [3.8, 4) is 0 Å². The zero-order valence-electron chi connectivity index (χ0n) is 56.5. The minimum absolute atomic E-state index is 0.0551. The largest absolute Gasteiger partial charge is 0.394 e. The summed E-state index contributed by atoms with van der Waals surface area (Å²) in [4.78, 5) is 12.6. The van der Waals surface area contributed by atoms with E-state index in [2.05, 4.69) is 67.8 Å². The molecule has 1 amide bonds. The first-order chi connectivity index (χ1) is 41.2. The van der Waals surface area contributed by atoms with Gasteiger partial charge in [0, 0.05) is 6.42 Å². The Morgan fingerprint density at radius 3 is 0.795 bits per heavy atom. The number of nitrogens with one attached hydrogen (secondary N) is 1. The smallest absolute Gasteiger partial charge is 0.220 e. The lowest BCUT2D eigenvalue weighted by Crippen LogP contribution is -2.45. The molecule has 0 fully saturated rings. The van der Waals surface area contributed by atoms with E-state index in [0.717, 1.165) is 51.4 Å². The van der Waals surface area contributed by atoms with Crippen LogP contribution in [0.2, 0.25) is 0 Å². The molecular weight excluding hydrogens is 1010 g/mol. The zero-order valence-corrected chi connectivity index (χ0v) is 56.5. The molecule has 4 heteroatoms. The lowest BCUT2D eigenvalue weighted by molar-refractivity contribution is -0.123. The third-order valence-electron chi connectivity index (χ3n) is 17.8. The molecule has 0 radical (unpaired) electrons. The van der Waals surface area contributed by atoms with E-state index in [1.165, 1.54) is 347 Å². The van der Waals surface area contributed by atoms with Crippen LogP contribution in [0.15, 0.2) is 60.8 Å². The van der Waals surface area contributed by atoms with Gasteiger partial charge >= 0.3 is 0 Å². The molecule has 0 aliphatic rings. The van der Waals surface area contributed by atoms with Crippen molar-refractivity contribution in [2.45, 2.75) is 431 Å².